The number of aliphatic hydroxyl groups is 4. The number of aromatic hydroxyl groups is 1. The standard InChI is InChI=1S/C24H38N4O10/c1-3-5-10-37-22(34)18(27-21(33)16(25)11-14-6-8-15(30)9-7-14)19-20(32)24(36,13-29)17(31)12-28(19)38-23(35)26-4-2/h6-9,16-20,29-32,36H,3-5,10-13,25H2,1-2H3,(H,26,35)(H,27,33)/t16-,17-,18?,19-,20-,24-/m0/s1. The number of hydroxylamine groups is 2. The lowest BCUT2D eigenvalue weighted by atomic mass is 9.80. The zero-order chi connectivity index (χ0) is 28.5. The average molecular weight is 543 g/mol. The van der Waals surface area contributed by atoms with E-state index in [2.05, 4.69) is 10.6 Å². The highest BCUT2D eigenvalue weighted by Gasteiger charge is 2.58. The number of carbonyl (C=O) groups excluding carboxylic acids is 3. The van der Waals surface area contributed by atoms with Gasteiger partial charge in [0, 0.05) is 6.54 Å². The minimum atomic E-state index is -2.52. The fourth-order valence-electron chi connectivity index (χ4n) is 3.96. The van der Waals surface area contributed by atoms with Crippen LogP contribution in [0.15, 0.2) is 24.3 Å². The van der Waals surface area contributed by atoms with Gasteiger partial charge in [0.15, 0.2) is 0 Å². The first kappa shape index (κ1) is 31.2. The van der Waals surface area contributed by atoms with Crippen LogP contribution in [0.25, 0.3) is 0 Å². The summed E-state index contributed by atoms with van der Waals surface area (Å²) >= 11 is 0. The molecule has 1 aromatic carbocycles. The maximum absolute atomic E-state index is 13.1. The van der Waals surface area contributed by atoms with Crippen molar-refractivity contribution in [2.75, 3.05) is 26.3 Å². The molecular weight excluding hydrogens is 504 g/mol. The van der Waals surface area contributed by atoms with Gasteiger partial charge in [-0.3, -0.25) is 4.79 Å². The van der Waals surface area contributed by atoms with Crippen LogP contribution in [0, 0.1) is 0 Å². The van der Waals surface area contributed by atoms with E-state index in [4.69, 9.17) is 15.3 Å². The number of benzene rings is 1. The van der Waals surface area contributed by atoms with Crippen molar-refractivity contribution < 1.29 is 49.5 Å². The summed E-state index contributed by atoms with van der Waals surface area (Å²) in [6.07, 6.45) is -3.66. The van der Waals surface area contributed by atoms with Crippen molar-refractivity contribution in [1.82, 2.24) is 15.7 Å². The third-order valence-electron chi connectivity index (χ3n) is 6.24. The molecule has 1 heterocycles. The molecule has 1 aliphatic rings. The molecule has 214 valence electrons. The number of phenolic OH excluding ortho intramolecular Hbond substituents is 1. The molecule has 0 aromatic heterocycles. The number of hydrogen-bond donors (Lipinski definition) is 8. The molecule has 1 unspecified atom stereocenters. The number of amides is 2. The average Bonchev–Trinajstić information content (AvgIpc) is 2.88. The molecule has 14 nitrogen and oxygen atoms in total. The first-order valence-corrected chi connectivity index (χ1v) is 12.4. The van der Waals surface area contributed by atoms with Gasteiger partial charge in [-0.1, -0.05) is 25.5 Å². The van der Waals surface area contributed by atoms with Gasteiger partial charge in [0.1, 0.15) is 35.6 Å². The highest BCUT2D eigenvalue weighted by molar-refractivity contribution is 5.88. The second kappa shape index (κ2) is 14.2. The Morgan fingerprint density at radius 2 is 1.87 bits per heavy atom. The molecule has 2 rings (SSSR count). The maximum Gasteiger partial charge on any atom is 0.426 e. The lowest BCUT2D eigenvalue weighted by Gasteiger charge is -2.49. The summed E-state index contributed by atoms with van der Waals surface area (Å²) in [7, 11) is 0. The van der Waals surface area contributed by atoms with E-state index in [0.29, 0.717) is 18.4 Å². The molecule has 38 heavy (non-hydrogen) atoms. The highest BCUT2D eigenvalue weighted by Crippen LogP contribution is 2.30. The van der Waals surface area contributed by atoms with Crippen LogP contribution < -0.4 is 16.4 Å². The summed E-state index contributed by atoms with van der Waals surface area (Å²) < 4.78 is 5.26. The number of unbranched alkanes of at least 4 members (excludes halogenated alkanes) is 1. The van der Waals surface area contributed by atoms with Crippen molar-refractivity contribution >= 4 is 18.0 Å². The number of rotatable bonds is 12. The SMILES string of the molecule is CCCCOC(=O)C(NC(=O)[C@@H](N)Cc1ccc(O)cc1)[C@H]1[C@H](O)[C@](O)(CO)[C@@H](O)CN1OC(=O)NCC. The van der Waals surface area contributed by atoms with Crippen LogP contribution in [0.1, 0.15) is 32.3 Å². The maximum atomic E-state index is 13.1. The van der Waals surface area contributed by atoms with E-state index in [1.807, 2.05) is 6.92 Å². The lowest BCUT2D eigenvalue weighted by molar-refractivity contribution is -0.279. The van der Waals surface area contributed by atoms with Gasteiger partial charge in [0.2, 0.25) is 5.91 Å². The molecule has 14 heteroatoms. The van der Waals surface area contributed by atoms with Gasteiger partial charge in [0.05, 0.1) is 25.8 Å². The zero-order valence-electron chi connectivity index (χ0n) is 21.4. The number of hydrogen-bond acceptors (Lipinski definition) is 12. The third-order valence-corrected chi connectivity index (χ3v) is 6.24. The van der Waals surface area contributed by atoms with Crippen molar-refractivity contribution in [2.45, 2.75) is 69.0 Å². The molecule has 1 aliphatic heterocycles. The first-order chi connectivity index (χ1) is 18.0. The molecule has 0 bridgehead atoms. The number of aliphatic hydroxyl groups excluding tert-OH is 3. The molecule has 2 amide bonds. The van der Waals surface area contributed by atoms with E-state index in [-0.39, 0.29) is 25.3 Å². The van der Waals surface area contributed by atoms with Gasteiger partial charge in [0.25, 0.3) is 0 Å². The summed E-state index contributed by atoms with van der Waals surface area (Å²) in [4.78, 5) is 43.6. The molecule has 6 atom stereocenters. The van der Waals surface area contributed by atoms with Crippen molar-refractivity contribution in [2.24, 2.45) is 5.73 Å². The molecule has 1 fully saturated rings. The highest BCUT2D eigenvalue weighted by atomic mass is 16.7. The first-order valence-electron chi connectivity index (χ1n) is 12.4. The summed E-state index contributed by atoms with van der Waals surface area (Å²) in [5.74, 6) is -1.83. The van der Waals surface area contributed by atoms with Gasteiger partial charge in [-0.25, -0.2) is 9.59 Å². The van der Waals surface area contributed by atoms with Crippen molar-refractivity contribution in [3.63, 3.8) is 0 Å². The number of esters is 1. The number of phenols is 1. The monoisotopic (exact) mass is 542 g/mol. The van der Waals surface area contributed by atoms with Gasteiger partial charge >= 0.3 is 12.1 Å². The molecule has 1 aromatic rings. The van der Waals surface area contributed by atoms with Crippen LogP contribution in [0.4, 0.5) is 4.79 Å². The second-order valence-electron chi connectivity index (χ2n) is 9.09. The second-order valence-corrected chi connectivity index (χ2v) is 9.09. The van der Waals surface area contributed by atoms with E-state index >= 15 is 0 Å². The molecule has 0 aliphatic carbocycles. The molecule has 0 radical (unpaired) electrons. The molecule has 9 N–H and O–H groups in total. The van der Waals surface area contributed by atoms with E-state index in [0.717, 1.165) is 5.06 Å². The summed E-state index contributed by atoms with van der Waals surface area (Å²) in [5.41, 5.74) is 4.14. The zero-order valence-corrected chi connectivity index (χ0v) is 21.4. The fourth-order valence-corrected chi connectivity index (χ4v) is 3.96. The summed E-state index contributed by atoms with van der Waals surface area (Å²) in [5, 5.41) is 57.0. The van der Waals surface area contributed by atoms with Gasteiger partial charge in [-0.15, -0.1) is 5.06 Å². The van der Waals surface area contributed by atoms with Crippen molar-refractivity contribution in [1.29, 1.82) is 0 Å². The number of nitrogens with one attached hydrogen (secondary N) is 2. The van der Waals surface area contributed by atoms with E-state index in [9.17, 15) is 39.9 Å². The minimum absolute atomic E-state index is 0.0197. The largest absolute Gasteiger partial charge is 0.508 e. The number of β-amino-alcohol motifs (C(OH)–C–C–N with tert-alkyl or cyclic N) is 1. The summed E-state index contributed by atoms with van der Waals surface area (Å²) in [6, 6.07) is 1.36. The molecule has 0 spiro atoms. The number of nitrogens with zero attached hydrogens (tertiary/aromatic N) is 1. The Morgan fingerprint density at radius 1 is 1.21 bits per heavy atom. The normalized spacial score (nSPS) is 25.2. The van der Waals surface area contributed by atoms with Crippen LogP contribution in [-0.4, -0.2) is 111 Å². The Balaban J connectivity index is 2.39. The number of carbonyl (C=O) groups is 3. The van der Waals surface area contributed by atoms with E-state index < -0.39 is 67.1 Å². The van der Waals surface area contributed by atoms with Gasteiger partial charge in [-0.2, -0.15) is 0 Å². The molecule has 1 saturated heterocycles. The quantitative estimate of drug-likeness (QED) is 0.105. The number of ether oxygens (including phenoxy) is 1. The fraction of sp³-hybridized carbons (Fsp3) is 0.625. The van der Waals surface area contributed by atoms with Crippen molar-refractivity contribution in [3.8, 4) is 5.75 Å². The van der Waals surface area contributed by atoms with Crippen LogP contribution >= 0.6 is 0 Å². The Morgan fingerprint density at radius 3 is 2.45 bits per heavy atom. The number of nitrogens with two attached hydrogens (primary N) is 1. The molecular formula is C24H38N4O10. The Hall–Kier alpha value is -3.01. The van der Waals surface area contributed by atoms with E-state index in [1.165, 1.54) is 12.1 Å². The van der Waals surface area contributed by atoms with Crippen LogP contribution in [0.3, 0.4) is 0 Å². The smallest absolute Gasteiger partial charge is 0.426 e. The van der Waals surface area contributed by atoms with Crippen LogP contribution in [0.2, 0.25) is 0 Å². The van der Waals surface area contributed by atoms with Crippen LogP contribution in [0.5, 0.6) is 5.75 Å². The Bertz CT molecular complexity index is 933. The minimum Gasteiger partial charge on any atom is -0.508 e. The Labute approximate surface area is 220 Å². The van der Waals surface area contributed by atoms with Gasteiger partial charge < -0.3 is 51.5 Å². The van der Waals surface area contributed by atoms with Gasteiger partial charge in [-0.05, 0) is 37.5 Å². The third kappa shape index (κ3) is 7.75. The van der Waals surface area contributed by atoms with Crippen LogP contribution in [-0.2, 0) is 25.6 Å². The number of piperidine rings is 1. The topological polar surface area (TPSA) is 224 Å². The summed E-state index contributed by atoms with van der Waals surface area (Å²) in [6.45, 7) is 1.91. The van der Waals surface area contributed by atoms with Crippen molar-refractivity contribution in [3.05, 3.63) is 29.8 Å². The molecule has 0 saturated carbocycles. The Kier molecular flexibility index (Phi) is 11.7. The lowest BCUT2D eigenvalue weighted by Crippen LogP contribution is -2.75. The van der Waals surface area contributed by atoms with E-state index in [1.54, 1.807) is 19.1 Å². The predicted octanol–water partition coefficient (Wildman–Crippen LogP) is -2.12. The predicted molar refractivity (Wildman–Crippen MR) is 132 cm³/mol.